The first-order chi connectivity index (χ1) is 10.3. The zero-order chi connectivity index (χ0) is 16.9. The molecule has 0 aromatic heterocycles. The Morgan fingerprint density at radius 3 is 2.14 bits per heavy atom. The Hall–Kier alpha value is -2.32. The van der Waals surface area contributed by atoms with Gasteiger partial charge in [0.05, 0.1) is 6.61 Å². The lowest BCUT2D eigenvalue weighted by atomic mass is 10.1. The maximum atomic E-state index is 13.5. The first-order valence-electron chi connectivity index (χ1n) is 6.36. The van der Waals surface area contributed by atoms with Crippen LogP contribution in [0.25, 0.3) is 0 Å². The Labute approximate surface area is 123 Å². The SMILES string of the molecule is CCC(=O)NCCCOC(=O)c1c(F)c(F)c(N)c(F)c1F. The highest BCUT2D eigenvalue weighted by atomic mass is 19.2. The van der Waals surface area contributed by atoms with Gasteiger partial charge in [-0.2, -0.15) is 0 Å². The Kier molecular flexibility index (Phi) is 6.14. The average Bonchev–Trinajstić information content (AvgIpc) is 2.50. The van der Waals surface area contributed by atoms with Crippen molar-refractivity contribution in [2.45, 2.75) is 19.8 Å². The van der Waals surface area contributed by atoms with Crippen molar-refractivity contribution >= 4 is 17.6 Å². The van der Waals surface area contributed by atoms with Crippen molar-refractivity contribution in [3.63, 3.8) is 0 Å². The molecular formula is C13H14F4N2O3. The summed E-state index contributed by atoms with van der Waals surface area (Å²) in [6.07, 6.45) is 0.445. The lowest BCUT2D eigenvalue weighted by Gasteiger charge is -2.09. The molecule has 1 aromatic carbocycles. The fraction of sp³-hybridized carbons (Fsp3) is 0.385. The fourth-order valence-corrected chi connectivity index (χ4v) is 1.49. The molecule has 0 unspecified atom stereocenters. The van der Waals surface area contributed by atoms with Gasteiger partial charge in [0.25, 0.3) is 0 Å². The molecule has 0 fully saturated rings. The van der Waals surface area contributed by atoms with E-state index in [4.69, 9.17) is 5.73 Å². The summed E-state index contributed by atoms with van der Waals surface area (Å²) in [6.45, 7) is 1.52. The summed E-state index contributed by atoms with van der Waals surface area (Å²) in [6, 6.07) is 0. The second-order valence-electron chi connectivity index (χ2n) is 4.24. The number of amides is 1. The normalized spacial score (nSPS) is 10.4. The van der Waals surface area contributed by atoms with E-state index in [1.807, 2.05) is 0 Å². The number of carbonyl (C=O) groups excluding carboxylic acids is 2. The average molecular weight is 322 g/mol. The molecule has 122 valence electrons. The largest absolute Gasteiger partial charge is 0.462 e. The highest BCUT2D eigenvalue weighted by molar-refractivity contribution is 5.90. The van der Waals surface area contributed by atoms with E-state index in [9.17, 15) is 27.2 Å². The molecule has 1 rings (SSSR count). The maximum Gasteiger partial charge on any atom is 0.344 e. The third-order valence-electron chi connectivity index (χ3n) is 2.70. The fourth-order valence-electron chi connectivity index (χ4n) is 1.49. The molecule has 0 atom stereocenters. The smallest absolute Gasteiger partial charge is 0.344 e. The van der Waals surface area contributed by atoms with Crippen molar-refractivity contribution in [2.24, 2.45) is 0 Å². The minimum atomic E-state index is -1.92. The van der Waals surface area contributed by atoms with Crippen LogP contribution < -0.4 is 11.1 Å². The van der Waals surface area contributed by atoms with Gasteiger partial charge in [-0.15, -0.1) is 0 Å². The number of carbonyl (C=O) groups is 2. The van der Waals surface area contributed by atoms with Crippen LogP contribution in [0, 0.1) is 23.3 Å². The van der Waals surface area contributed by atoms with Gasteiger partial charge in [-0.3, -0.25) is 4.79 Å². The van der Waals surface area contributed by atoms with Crippen molar-refractivity contribution in [3.05, 3.63) is 28.8 Å². The van der Waals surface area contributed by atoms with Crippen LogP contribution in [0.5, 0.6) is 0 Å². The van der Waals surface area contributed by atoms with E-state index in [2.05, 4.69) is 10.1 Å². The number of ether oxygens (including phenoxy) is 1. The van der Waals surface area contributed by atoms with Crippen LogP contribution in [0.15, 0.2) is 0 Å². The predicted octanol–water partition coefficient (Wildman–Crippen LogP) is 1.90. The van der Waals surface area contributed by atoms with E-state index in [0.29, 0.717) is 0 Å². The molecule has 0 saturated carbocycles. The molecule has 3 N–H and O–H groups in total. The van der Waals surface area contributed by atoms with Crippen LogP contribution >= 0.6 is 0 Å². The number of hydrogen-bond donors (Lipinski definition) is 2. The van der Waals surface area contributed by atoms with E-state index in [0.717, 1.165) is 0 Å². The second kappa shape index (κ2) is 7.62. The monoisotopic (exact) mass is 322 g/mol. The lowest BCUT2D eigenvalue weighted by Crippen LogP contribution is -2.24. The van der Waals surface area contributed by atoms with E-state index in [1.54, 1.807) is 6.92 Å². The van der Waals surface area contributed by atoms with Gasteiger partial charge in [0.15, 0.2) is 23.3 Å². The second-order valence-corrected chi connectivity index (χ2v) is 4.24. The molecule has 0 aliphatic carbocycles. The summed E-state index contributed by atoms with van der Waals surface area (Å²) < 4.78 is 57.8. The van der Waals surface area contributed by atoms with Gasteiger partial charge in [-0.25, -0.2) is 22.4 Å². The summed E-state index contributed by atoms with van der Waals surface area (Å²) in [5.41, 5.74) is 1.97. The summed E-state index contributed by atoms with van der Waals surface area (Å²) in [5, 5.41) is 2.48. The van der Waals surface area contributed by atoms with Gasteiger partial charge in [-0.1, -0.05) is 6.92 Å². The number of esters is 1. The zero-order valence-corrected chi connectivity index (χ0v) is 11.6. The van der Waals surface area contributed by atoms with Gasteiger partial charge in [0, 0.05) is 13.0 Å². The first-order valence-corrected chi connectivity index (χ1v) is 6.36. The summed E-state index contributed by atoms with van der Waals surface area (Å²) in [4.78, 5) is 22.4. The summed E-state index contributed by atoms with van der Waals surface area (Å²) in [7, 11) is 0. The topological polar surface area (TPSA) is 81.4 Å². The molecule has 0 bridgehead atoms. The van der Waals surface area contributed by atoms with Crippen molar-refractivity contribution in [1.82, 2.24) is 5.32 Å². The summed E-state index contributed by atoms with van der Waals surface area (Å²) >= 11 is 0. The number of nitrogens with two attached hydrogens (primary N) is 1. The van der Waals surface area contributed by atoms with Crippen molar-refractivity contribution in [2.75, 3.05) is 18.9 Å². The van der Waals surface area contributed by atoms with Gasteiger partial charge in [0.1, 0.15) is 11.3 Å². The number of halogens is 4. The molecule has 0 heterocycles. The van der Waals surface area contributed by atoms with Crippen LogP contribution in [0.3, 0.4) is 0 Å². The standard InChI is InChI=1S/C13H14F4N2O3/c1-2-6(20)19-4-3-5-22-13(21)7-8(14)10(16)12(18)11(17)9(7)15/h2-5,18H2,1H3,(H,19,20). The van der Waals surface area contributed by atoms with Crippen LogP contribution in [-0.4, -0.2) is 25.0 Å². The predicted molar refractivity (Wildman–Crippen MR) is 68.9 cm³/mol. The Morgan fingerprint density at radius 1 is 1.09 bits per heavy atom. The molecule has 0 aliphatic heterocycles. The molecule has 1 amide bonds. The quantitative estimate of drug-likeness (QED) is 0.276. The number of anilines is 1. The number of hydrogen-bond acceptors (Lipinski definition) is 4. The first kappa shape index (κ1) is 17.7. The molecule has 9 heteroatoms. The Balaban J connectivity index is 2.69. The van der Waals surface area contributed by atoms with E-state index < -0.39 is 40.5 Å². The van der Waals surface area contributed by atoms with Gasteiger partial charge < -0.3 is 15.8 Å². The molecule has 0 spiro atoms. The van der Waals surface area contributed by atoms with E-state index in [1.165, 1.54) is 0 Å². The highest BCUT2D eigenvalue weighted by Crippen LogP contribution is 2.26. The zero-order valence-electron chi connectivity index (χ0n) is 11.6. The van der Waals surface area contributed by atoms with E-state index in [-0.39, 0.29) is 31.9 Å². The van der Waals surface area contributed by atoms with Crippen LogP contribution in [-0.2, 0) is 9.53 Å². The van der Waals surface area contributed by atoms with Gasteiger partial charge >= 0.3 is 5.97 Å². The van der Waals surface area contributed by atoms with E-state index >= 15 is 0 Å². The van der Waals surface area contributed by atoms with Crippen molar-refractivity contribution in [1.29, 1.82) is 0 Å². The number of nitrogen functional groups attached to an aromatic ring is 1. The van der Waals surface area contributed by atoms with Crippen LogP contribution in [0.1, 0.15) is 30.1 Å². The van der Waals surface area contributed by atoms with Gasteiger partial charge in [0.2, 0.25) is 5.91 Å². The third kappa shape index (κ3) is 3.86. The lowest BCUT2D eigenvalue weighted by molar-refractivity contribution is -0.120. The van der Waals surface area contributed by atoms with Crippen molar-refractivity contribution < 1.29 is 31.9 Å². The number of rotatable bonds is 6. The minimum Gasteiger partial charge on any atom is -0.462 e. The molecule has 0 aliphatic rings. The molecule has 0 saturated heterocycles. The van der Waals surface area contributed by atoms with Crippen LogP contribution in [0.2, 0.25) is 0 Å². The molecular weight excluding hydrogens is 308 g/mol. The van der Waals surface area contributed by atoms with Crippen molar-refractivity contribution in [3.8, 4) is 0 Å². The third-order valence-corrected chi connectivity index (χ3v) is 2.70. The Bertz CT molecular complexity index is 564. The molecule has 0 radical (unpaired) electrons. The number of nitrogens with one attached hydrogen (secondary N) is 1. The maximum absolute atomic E-state index is 13.5. The van der Waals surface area contributed by atoms with Gasteiger partial charge in [-0.05, 0) is 6.42 Å². The highest BCUT2D eigenvalue weighted by Gasteiger charge is 2.29. The summed E-state index contributed by atoms with van der Waals surface area (Å²) in [5.74, 6) is -9.33. The molecule has 22 heavy (non-hydrogen) atoms. The molecule has 5 nitrogen and oxygen atoms in total. The number of benzene rings is 1. The molecule has 1 aromatic rings. The Morgan fingerprint density at radius 2 is 1.64 bits per heavy atom. The van der Waals surface area contributed by atoms with Crippen LogP contribution in [0.4, 0.5) is 23.2 Å². The minimum absolute atomic E-state index is 0.167.